The van der Waals surface area contributed by atoms with E-state index in [9.17, 15) is 0 Å². The van der Waals surface area contributed by atoms with Crippen LogP contribution in [-0.4, -0.2) is 27.0 Å². The summed E-state index contributed by atoms with van der Waals surface area (Å²) in [5.74, 6) is 0. The first-order chi connectivity index (χ1) is 6.78. The van der Waals surface area contributed by atoms with Gasteiger partial charge in [-0.2, -0.15) is 5.26 Å². The molecule has 0 spiro atoms. The van der Waals surface area contributed by atoms with Gasteiger partial charge in [0.25, 0.3) is 0 Å². The molecule has 3 nitrogen and oxygen atoms in total. The number of rotatable bonds is 2. The molecule has 1 saturated heterocycles. The van der Waals surface area contributed by atoms with Crippen LogP contribution in [0.15, 0.2) is 0 Å². The third kappa shape index (κ3) is 2.80. The molecule has 4 heteroatoms. The van der Waals surface area contributed by atoms with E-state index in [2.05, 4.69) is 45.3 Å². The van der Waals surface area contributed by atoms with E-state index in [1.807, 2.05) is 0 Å². The van der Waals surface area contributed by atoms with Crippen LogP contribution in [-0.2, 0) is 4.43 Å². The van der Waals surface area contributed by atoms with Crippen molar-refractivity contribution in [3.05, 3.63) is 0 Å². The molecule has 1 aliphatic rings. The maximum Gasteiger partial charge on any atom is 0.192 e. The summed E-state index contributed by atoms with van der Waals surface area (Å²) < 4.78 is 6.22. The van der Waals surface area contributed by atoms with E-state index in [1.165, 1.54) is 0 Å². The molecule has 0 aromatic rings. The first kappa shape index (κ1) is 12.7. The second kappa shape index (κ2) is 4.24. The third-order valence-electron chi connectivity index (χ3n) is 3.56. The van der Waals surface area contributed by atoms with Crippen LogP contribution in [0, 0.1) is 11.3 Å². The van der Waals surface area contributed by atoms with Crippen molar-refractivity contribution in [3.8, 4) is 6.07 Å². The van der Waals surface area contributed by atoms with Gasteiger partial charge in [-0.25, -0.2) is 0 Å². The standard InChI is InChI=1S/C11H22N2OSi/c1-11(2,3)15(4,5)14-10-6-7-13-9(10)8-12/h9-10,13H,6-7H2,1-5H3/t9-,10+/m1/s1. The van der Waals surface area contributed by atoms with Crippen molar-refractivity contribution in [2.24, 2.45) is 0 Å². The minimum atomic E-state index is -1.72. The van der Waals surface area contributed by atoms with Gasteiger partial charge in [0.2, 0.25) is 0 Å². The molecular weight excluding hydrogens is 204 g/mol. The van der Waals surface area contributed by atoms with Crippen LogP contribution >= 0.6 is 0 Å². The quantitative estimate of drug-likeness (QED) is 0.735. The predicted octanol–water partition coefficient (Wildman–Crippen LogP) is 2.26. The van der Waals surface area contributed by atoms with Gasteiger partial charge in [0.1, 0.15) is 6.04 Å². The van der Waals surface area contributed by atoms with Gasteiger partial charge in [0.15, 0.2) is 8.32 Å². The highest BCUT2D eigenvalue weighted by molar-refractivity contribution is 6.74. The number of hydrogen-bond donors (Lipinski definition) is 1. The summed E-state index contributed by atoms with van der Waals surface area (Å²) in [4.78, 5) is 0. The molecule has 15 heavy (non-hydrogen) atoms. The lowest BCUT2D eigenvalue weighted by Crippen LogP contribution is -2.46. The molecule has 0 aliphatic carbocycles. The summed E-state index contributed by atoms with van der Waals surface area (Å²) in [6.45, 7) is 12.0. The molecule has 0 saturated carbocycles. The van der Waals surface area contributed by atoms with Crippen molar-refractivity contribution in [3.63, 3.8) is 0 Å². The number of nitrogens with zero attached hydrogens (tertiary/aromatic N) is 1. The molecule has 0 amide bonds. The molecule has 2 atom stereocenters. The van der Waals surface area contributed by atoms with Crippen molar-refractivity contribution in [2.45, 2.75) is 57.5 Å². The van der Waals surface area contributed by atoms with Gasteiger partial charge in [0.05, 0.1) is 12.2 Å². The fourth-order valence-corrected chi connectivity index (χ4v) is 2.85. The lowest BCUT2D eigenvalue weighted by atomic mass is 10.2. The van der Waals surface area contributed by atoms with E-state index < -0.39 is 8.32 Å². The Kier molecular flexibility index (Phi) is 3.59. The predicted molar refractivity (Wildman–Crippen MR) is 64.1 cm³/mol. The number of hydrogen-bond acceptors (Lipinski definition) is 3. The fourth-order valence-electron chi connectivity index (χ4n) is 1.49. The summed E-state index contributed by atoms with van der Waals surface area (Å²) in [5.41, 5.74) is 0. The van der Waals surface area contributed by atoms with Gasteiger partial charge in [0, 0.05) is 0 Å². The van der Waals surface area contributed by atoms with Crippen molar-refractivity contribution < 1.29 is 4.43 Å². The third-order valence-corrected chi connectivity index (χ3v) is 8.06. The summed E-state index contributed by atoms with van der Waals surface area (Å²) >= 11 is 0. The van der Waals surface area contributed by atoms with E-state index in [0.29, 0.717) is 0 Å². The zero-order valence-corrected chi connectivity index (χ0v) is 11.4. The van der Waals surface area contributed by atoms with E-state index in [1.54, 1.807) is 0 Å². The largest absolute Gasteiger partial charge is 0.411 e. The number of nitrogens with one attached hydrogen (secondary N) is 1. The minimum absolute atomic E-state index is 0.0934. The van der Waals surface area contributed by atoms with Gasteiger partial charge in [-0.15, -0.1) is 0 Å². The van der Waals surface area contributed by atoms with E-state index in [4.69, 9.17) is 9.69 Å². The second-order valence-corrected chi connectivity index (χ2v) is 10.5. The molecule has 1 N–H and O–H groups in total. The summed E-state index contributed by atoms with van der Waals surface area (Å²) in [6, 6.07) is 2.16. The van der Waals surface area contributed by atoms with Crippen molar-refractivity contribution in [2.75, 3.05) is 6.54 Å². The smallest absolute Gasteiger partial charge is 0.192 e. The lowest BCUT2D eigenvalue weighted by molar-refractivity contribution is 0.182. The van der Waals surface area contributed by atoms with E-state index in [-0.39, 0.29) is 17.2 Å². The van der Waals surface area contributed by atoms with Crippen LogP contribution in [0.4, 0.5) is 0 Å². The van der Waals surface area contributed by atoms with Crippen LogP contribution in [0.5, 0.6) is 0 Å². The first-order valence-corrected chi connectivity index (χ1v) is 8.49. The summed E-state index contributed by atoms with van der Waals surface area (Å²) in [6.07, 6.45) is 1.06. The Hall–Kier alpha value is -0.373. The van der Waals surface area contributed by atoms with Gasteiger partial charge in [-0.1, -0.05) is 20.8 Å². The summed E-state index contributed by atoms with van der Waals surface area (Å²) in [5, 5.41) is 12.3. The van der Waals surface area contributed by atoms with Crippen molar-refractivity contribution >= 4 is 8.32 Å². The lowest BCUT2D eigenvalue weighted by Gasteiger charge is -2.38. The van der Waals surface area contributed by atoms with Crippen LogP contribution in [0.25, 0.3) is 0 Å². The van der Waals surface area contributed by atoms with Crippen LogP contribution < -0.4 is 5.32 Å². The molecule has 0 aromatic heterocycles. The normalized spacial score (nSPS) is 27.7. The monoisotopic (exact) mass is 226 g/mol. The Labute approximate surface area is 93.9 Å². The van der Waals surface area contributed by atoms with E-state index in [0.717, 1.165) is 13.0 Å². The molecule has 0 bridgehead atoms. The molecule has 86 valence electrons. The molecule has 1 aliphatic heterocycles. The highest BCUT2D eigenvalue weighted by atomic mass is 28.4. The molecule has 0 unspecified atom stereocenters. The molecule has 0 aromatic carbocycles. The molecule has 1 rings (SSSR count). The highest BCUT2D eigenvalue weighted by Gasteiger charge is 2.41. The van der Waals surface area contributed by atoms with Crippen molar-refractivity contribution in [1.29, 1.82) is 5.26 Å². The Morgan fingerprint density at radius 1 is 1.40 bits per heavy atom. The zero-order valence-electron chi connectivity index (χ0n) is 10.4. The van der Waals surface area contributed by atoms with Crippen molar-refractivity contribution in [1.82, 2.24) is 5.32 Å². The average molecular weight is 226 g/mol. The Bertz CT molecular complexity index is 265. The maximum atomic E-state index is 8.96. The Balaban J connectivity index is 2.66. The van der Waals surface area contributed by atoms with Gasteiger partial charge in [-0.3, -0.25) is 5.32 Å². The Morgan fingerprint density at radius 2 is 2.00 bits per heavy atom. The molecular formula is C11H22N2OSi. The molecule has 1 fully saturated rings. The fraction of sp³-hybridized carbons (Fsp3) is 0.909. The Morgan fingerprint density at radius 3 is 2.47 bits per heavy atom. The zero-order chi connectivity index (χ0) is 11.7. The molecule has 1 heterocycles. The van der Waals surface area contributed by atoms with Crippen LogP contribution in [0.3, 0.4) is 0 Å². The van der Waals surface area contributed by atoms with Gasteiger partial charge in [-0.05, 0) is 31.1 Å². The van der Waals surface area contributed by atoms with Gasteiger partial charge < -0.3 is 4.43 Å². The SMILES string of the molecule is CC(C)(C)[Si](C)(C)O[C@H]1CCN[C@@H]1C#N. The van der Waals surface area contributed by atoms with Gasteiger partial charge >= 0.3 is 0 Å². The molecule has 0 radical (unpaired) electrons. The second-order valence-electron chi connectivity index (χ2n) is 5.77. The summed E-state index contributed by atoms with van der Waals surface area (Å²) in [7, 11) is -1.72. The number of nitriles is 1. The first-order valence-electron chi connectivity index (χ1n) is 5.59. The topological polar surface area (TPSA) is 45.0 Å². The van der Waals surface area contributed by atoms with Crippen LogP contribution in [0.2, 0.25) is 18.1 Å². The highest BCUT2D eigenvalue weighted by Crippen LogP contribution is 2.38. The maximum absolute atomic E-state index is 8.96. The minimum Gasteiger partial charge on any atom is -0.411 e. The van der Waals surface area contributed by atoms with Crippen LogP contribution in [0.1, 0.15) is 27.2 Å². The average Bonchev–Trinajstić information content (AvgIpc) is 2.48. The van der Waals surface area contributed by atoms with E-state index >= 15 is 0 Å².